The van der Waals surface area contributed by atoms with Gasteiger partial charge in [0.2, 0.25) is 5.91 Å². The van der Waals surface area contributed by atoms with Crippen molar-refractivity contribution in [3.8, 4) is 0 Å². The zero-order chi connectivity index (χ0) is 23.6. The highest BCUT2D eigenvalue weighted by Gasteiger charge is 2.25. The van der Waals surface area contributed by atoms with Crippen molar-refractivity contribution in [3.63, 3.8) is 0 Å². The van der Waals surface area contributed by atoms with Crippen LogP contribution >= 0.6 is 22.9 Å². The molecule has 0 aliphatic carbocycles. The highest BCUT2D eigenvalue weighted by molar-refractivity contribution is 7.14. The van der Waals surface area contributed by atoms with Crippen LogP contribution in [0.5, 0.6) is 0 Å². The number of halogens is 1. The smallest absolute Gasteiger partial charge is 0.345 e. The Morgan fingerprint density at radius 2 is 1.94 bits per heavy atom. The van der Waals surface area contributed by atoms with E-state index in [9.17, 15) is 19.7 Å². The monoisotopic (exact) mass is 473 g/mol. The van der Waals surface area contributed by atoms with Crippen LogP contribution in [0, 0.1) is 30.9 Å². The van der Waals surface area contributed by atoms with Gasteiger partial charge in [0, 0.05) is 17.9 Å². The predicted octanol–water partition coefficient (Wildman–Crippen LogP) is 5.67. The van der Waals surface area contributed by atoms with E-state index in [2.05, 4.69) is 4.98 Å². The third-order valence-corrected chi connectivity index (χ3v) is 5.82. The Hall–Kier alpha value is -3.30. The fraction of sp³-hybridized carbons (Fsp3) is 0.227. The van der Waals surface area contributed by atoms with Gasteiger partial charge in [-0.05, 0) is 44.0 Å². The van der Waals surface area contributed by atoms with Gasteiger partial charge in [-0.2, -0.15) is 0 Å². The quantitative estimate of drug-likeness (QED) is 0.259. The van der Waals surface area contributed by atoms with E-state index in [-0.39, 0.29) is 23.8 Å². The van der Waals surface area contributed by atoms with Crippen LogP contribution in [0.25, 0.3) is 0 Å². The van der Waals surface area contributed by atoms with E-state index in [0.29, 0.717) is 27.1 Å². The second-order valence-electron chi connectivity index (χ2n) is 7.19. The second-order valence-corrected chi connectivity index (χ2v) is 8.44. The number of anilines is 2. The Morgan fingerprint density at radius 3 is 2.56 bits per heavy atom. The van der Waals surface area contributed by atoms with E-state index in [1.807, 2.05) is 19.9 Å². The van der Waals surface area contributed by atoms with Crippen molar-refractivity contribution < 1.29 is 19.2 Å². The Morgan fingerprint density at radius 1 is 1.22 bits per heavy atom. The largest absolute Gasteiger partial charge is 0.455 e. The number of hydrogen-bond acceptors (Lipinski definition) is 7. The molecule has 0 saturated carbocycles. The minimum atomic E-state index is -0.823. The summed E-state index contributed by atoms with van der Waals surface area (Å²) >= 11 is 7.61. The lowest BCUT2D eigenvalue weighted by Crippen LogP contribution is -2.24. The molecule has 0 aliphatic rings. The summed E-state index contributed by atoms with van der Waals surface area (Å²) in [5.41, 5.74) is 2.68. The van der Waals surface area contributed by atoms with E-state index in [4.69, 9.17) is 16.3 Å². The molecule has 1 aromatic heterocycles. The normalized spacial score (nSPS) is 10.7. The number of nitrogens with zero attached hydrogens (tertiary/aromatic N) is 3. The van der Waals surface area contributed by atoms with Crippen molar-refractivity contribution >= 4 is 51.3 Å². The molecule has 0 N–H and O–H groups in total. The summed E-state index contributed by atoms with van der Waals surface area (Å²) in [7, 11) is 0. The first-order valence-corrected chi connectivity index (χ1v) is 10.8. The van der Waals surface area contributed by atoms with Crippen molar-refractivity contribution in [2.24, 2.45) is 0 Å². The number of nitro benzene ring substituents is 1. The maximum atomic E-state index is 12.5. The molecule has 0 radical (unpaired) electrons. The predicted molar refractivity (Wildman–Crippen MR) is 123 cm³/mol. The lowest BCUT2D eigenvalue weighted by atomic mass is 10.1. The number of ether oxygens (including phenoxy) is 1. The molecule has 1 heterocycles. The summed E-state index contributed by atoms with van der Waals surface area (Å²) in [6.45, 7) is 6.53. The van der Waals surface area contributed by atoms with E-state index in [1.165, 1.54) is 29.2 Å². The van der Waals surface area contributed by atoms with Crippen molar-refractivity contribution in [2.45, 2.75) is 34.3 Å². The fourth-order valence-corrected chi connectivity index (χ4v) is 4.59. The van der Waals surface area contributed by atoms with Gasteiger partial charge in [-0.25, -0.2) is 9.78 Å². The van der Waals surface area contributed by atoms with Crippen LogP contribution in [0.3, 0.4) is 0 Å². The van der Waals surface area contributed by atoms with Gasteiger partial charge in [-0.15, -0.1) is 11.3 Å². The van der Waals surface area contributed by atoms with Gasteiger partial charge in [0.15, 0.2) is 5.13 Å². The van der Waals surface area contributed by atoms with Crippen LogP contribution in [-0.4, -0.2) is 21.8 Å². The summed E-state index contributed by atoms with van der Waals surface area (Å²) in [5, 5.41) is 13.8. The molecule has 0 spiro atoms. The number of thiazole rings is 1. The molecule has 0 bridgehead atoms. The van der Waals surface area contributed by atoms with Gasteiger partial charge in [-0.1, -0.05) is 29.8 Å². The lowest BCUT2D eigenvalue weighted by Gasteiger charge is -2.22. The Balaban J connectivity index is 1.83. The Kier molecular flexibility index (Phi) is 6.90. The SMILES string of the molecule is CC(=O)N(c1nc(COC(=O)c2cccc(C)c2[N+](=O)[O-])cs1)c1c(C)cc(C)cc1Cl. The number of amides is 1. The highest BCUT2D eigenvalue weighted by atomic mass is 35.5. The first-order valence-electron chi connectivity index (χ1n) is 9.53. The number of nitro groups is 1. The lowest BCUT2D eigenvalue weighted by molar-refractivity contribution is -0.385. The van der Waals surface area contributed by atoms with Crippen LogP contribution in [0.15, 0.2) is 35.7 Å². The molecule has 10 heteroatoms. The summed E-state index contributed by atoms with van der Waals surface area (Å²) < 4.78 is 5.25. The first kappa shape index (κ1) is 23.4. The average molecular weight is 474 g/mol. The van der Waals surface area contributed by atoms with Gasteiger partial charge in [0.1, 0.15) is 12.2 Å². The molecule has 2 aromatic carbocycles. The molecule has 0 aliphatic heterocycles. The standard InChI is InChI=1S/C22H20ClN3O5S/c1-12-8-14(3)20(18(23)9-12)25(15(4)27)22-24-16(11-32-22)10-31-21(28)17-7-5-6-13(2)19(17)26(29)30/h5-9,11H,10H2,1-4H3. The van der Waals surface area contributed by atoms with Crippen LogP contribution < -0.4 is 4.90 Å². The van der Waals surface area contributed by atoms with Crippen LogP contribution in [0.4, 0.5) is 16.5 Å². The molecular weight excluding hydrogens is 454 g/mol. The van der Waals surface area contributed by atoms with Crippen LogP contribution in [-0.2, 0) is 16.1 Å². The van der Waals surface area contributed by atoms with Crippen molar-refractivity contribution in [3.05, 3.63) is 78.8 Å². The minimum absolute atomic E-state index is 0.127. The first-order chi connectivity index (χ1) is 15.1. The number of rotatable bonds is 6. The number of carbonyl (C=O) groups is 2. The second kappa shape index (κ2) is 9.46. The van der Waals surface area contributed by atoms with Gasteiger partial charge in [0.25, 0.3) is 5.69 Å². The highest BCUT2D eigenvalue weighted by Crippen LogP contribution is 2.37. The number of para-hydroxylation sites is 1. The van der Waals surface area contributed by atoms with E-state index in [1.54, 1.807) is 30.5 Å². The topological polar surface area (TPSA) is 103 Å². The van der Waals surface area contributed by atoms with Crippen molar-refractivity contribution in [1.29, 1.82) is 0 Å². The molecule has 166 valence electrons. The van der Waals surface area contributed by atoms with Crippen molar-refractivity contribution in [1.82, 2.24) is 4.98 Å². The molecule has 3 rings (SSSR count). The average Bonchev–Trinajstić information content (AvgIpc) is 3.16. The van der Waals surface area contributed by atoms with E-state index < -0.39 is 10.9 Å². The third-order valence-electron chi connectivity index (χ3n) is 4.66. The molecule has 3 aromatic rings. The molecule has 0 saturated heterocycles. The number of benzene rings is 2. The summed E-state index contributed by atoms with van der Waals surface area (Å²) in [5.74, 6) is -1.09. The zero-order valence-corrected chi connectivity index (χ0v) is 19.4. The third kappa shape index (κ3) is 4.79. The molecule has 8 nitrogen and oxygen atoms in total. The molecule has 0 atom stereocenters. The van der Waals surface area contributed by atoms with E-state index in [0.717, 1.165) is 11.1 Å². The molecule has 0 fully saturated rings. The van der Waals surface area contributed by atoms with Crippen molar-refractivity contribution in [2.75, 3.05) is 4.90 Å². The summed E-state index contributed by atoms with van der Waals surface area (Å²) in [6, 6.07) is 8.14. The number of carbonyl (C=O) groups excluding carboxylic acids is 2. The van der Waals surface area contributed by atoms with Gasteiger partial charge >= 0.3 is 5.97 Å². The summed E-state index contributed by atoms with van der Waals surface area (Å²) in [6.07, 6.45) is 0. The molecular formula is C22H20ClN3O5S. The van der Waals surface area contributed by atoms with Gasteiger partial charge in [0.05, 0.1) is 21.3 Å². The fourth-order valence-electron chi connectivity index (χ4n) is 3.33. The van der Waals surface area contributed by atoms with Crippen LogP contribution in [0.2, 0.25) is 5.02 Å². The van der Waals surface area contributed by atoms with Crippen LogP contribution in [0.1, 0.15) is 39.7 Å². The molecule has 1 amide bonds. The Labute approximate surface area is 193 Å². The summed E-state index contributed by atoms with van der Waals surface area (Å²) in [4.78, 5) is 41.4. The zero-order valence-electron chi connectivity index (χ0n) is 17.8. The number of aryl methyl sites for hydroxylation is 3. The number of hydrogen-bond donors (Lipinski definition) is 0. The maximum absolute atomic E-state index is 12.5. The Bertz CT molecular complexity index is 1200. The maximum Gasteiger partial charge on any atom is 0.345 e. The van der Waals surface area contributed by atoms with E-state index >= 15 is 0 Å². The van der Waals surface area contributed by atoms with Gasteiger partial charge in [-0.3, -0.25) is 19.8 Å². The number of esters is 1. The van der Waals surface area contributed by atoms with Gasteiger partial charge < -0.3 is 4.74 Å². The molecule has 0 unspecified atom stereocenters. The minimum Gasteiger partial charge on any atom is -0.455 e. The molecule has 32 heavy (non-hydrogen) atoms. The number of aromatic nitrogens is 1.